The first-order chi connectivity index (χ1) is 16.6. The highest BCUT2D eigenvalue weighted by Gasteiger charge is 2.19. The third-order valence-electron chi connectivity index (χ3n) is 5.68. The lowest BCUT2D eigenvalue weighted by Gasteiger charge is -2.20. The fourth-order valence-electron chi connectivity index (χ4n) is 4.07. The summed E-state index contributed by atoms with van der Waals surface area (Å²) in [6.45, 7) is 5.40. The lowest BCUT2D eigenvalue weighted by Crippen LogP contribution is -2.16. The van der Waals surface area contributed by atoms with Gasteiger partial charge in [-0.15, -0.1) is 0 Å². The maximum Gasteiger partial charge on any atom is 0.257 e. The van der Waals surface area contributed by atoms with Crippen molar-refractivity contribution in [2.75, 3.05) is 18.5 Å². The van der Waals surface area contributed by atoms with Gasteiger partial charge in [0.2, 0.25) is 0 Å². The Morgan fingerprint density at radius 1 is 1.03 bits per heavy atom. The molecule has 0 saturated carbocycles. The minimum atomic E-state index is -0.179. The molecular weight excluding hydrogens is 430 g/mol. The molecule has 2 aromatic carbocycles. The Morgan fingerprint density at radius 3 is 2.71 bits per heavy atom. The fraction of sp³-hybridized carbons (Fsp3) is 0.185. The van der Waals surface area contributed by atoms with E-state index >= 15 is 0 Å². The number of carbonyl (C=O) groups is 1. The van der Waals surface area contributed by atoms with Crippen LogP contribution < -0.4 is 19.5 Å². The number of fused-ring (bicyclic) bond motifs is 1. The molecule has 1 N–H and O–H groups in total. The zero-order valence-electron chi connectivity index (χ0n) is 19.1. The minimum absolute atomic E-state index is 0.179. The molecule has 0 radical (unpaired) electrons. The average molecular weight is 456 g/mol. The number of nitrogens with zero attached hydrogens (tertiary/aromatic N) is 2. The van der Waals surface area contributed by atoms with Crippen LogP contribution in [0.3, 0.4) is 0 Å². The van der Waals surface area contributed by atoms with E-state index in [1.165, 1.54) is 0 Å². The summed E-state index contributed by atoms with van der Waals surface area (Å²) in [5, 5.41) is 2.99. The Labute approximate surface area is 197 Å². The molecular formula is C27H25N3O4. The summed E-state index contributed by atoms with van der Waals surface area (Å²) in [6, 6.07) is 18.9. The molecule has 0 saturated heterocycles. The van der Waals surface area contributed by atoms with Gasteiger partial charge in [-0.3, -0.25) is 9.78 Å². The van der Waals surface area contributed by atoms with E-state index in [9.17, 15) is 4.79 Å². The van der Waals surface area contributed by atoms with Crippen LogP contribution in [0.15, 0.2) is 73.1 Å². The quantitative estimate of drug-likeness (QED) is 0.438. The van der Waals surface area contributed by atoms with Gasteiger partial charge in [-0.05, 0) is 50.2 Å². The van der Waals surface area contributed by atoms with Crippen molar-refractivity contribution in [1.82, 2.24) is 9.55 Å². The Kier molecular flexibility index (Phi) is 5.91. The zero-order chi connectivity index (χ0) is 23.5. The average Bonchev–Trinajstić information content (AvgIpc) is 3.17. The van der Waals surface area contributed by atoms with Crippen molar-refractivity contribution in [2.24, 2.45) is 0 Å². The number of hydrogen-bond acceptors (Lipinski definition) is 5. The van der Waals surface area contributed by atoms with Crippen LogP contribution in [-0.2, 0) is 6.61 Å². The molecule has 1 aliphatic heterocycles. The Morgan fingerprint density at radius 2 is 1.88 bits per heavy atom. The minimum Gasteiger partial charge on any atom is -0.489 e. The molecule has 172 valence electrons. The van der Waals surface area contributed by atoms with Gasteiger partial charge in [-0.1, -0.05) is 12.1 Å². The fourth-order valence-corrected chi connectivity index (χ4v) is 4.07. The van der Waals surface area contributed by atoms with Crippen LogP contribution >= 0.6 is 0 Å². The van der Waals surface area contributed by atoms with Gasteiger partial charge in [0.25, 0.3) is 5.91 Å². The van der Waals surface area contributed by atoms with Crippen molar-refractivity contribution in [3.8, 4) is 22.9 Å². The second-order valence-corrected chi connectivity index (χ2v) is 8.08. The maximum absolute atomic E-state index is 13.1. The van der Waals surface area contributed by atoms with Crippen LogP contribution in [0.25, 0.3) is 5.69 Å². The van der Waals surface area contributed by atoms with Crippen molar-refractivity contribution < 1.29 is 19.0 Å². The van der Waals surface area contributed by atoms with Gasteiger partial charge in [-0.25, -0.2) is 0 Å². The molecule has 34 heavy (non-hydrogen) atoms. The molecule has 1 amide bonds. The molecule has 0 atom stereocenters. The number of rotatable bonds is 6. The lowest BCUT2D eigenvalue weighted by atomic mass is 10.2. The highest BCUT2D eigenvalue weighted by atomic mass is 16.6. The monoisotopic (exact) mass is 455 g/mol. The van der Waals surface area contributed by atoms with Crippen molar-refractivity contribution in [2.45, 2.75) is 20.5 Å². The van der Waals surface area contributed by atoms with Crippen molar-refractivity contribution in [1.29, 1.82) is 0 Å². The van der Waals surface area contributed by atoms with Crippen LogP contribution in [0.4, 0.5) is 5.69 Å². The number of pyridine rings is 1. The number of aryl methyl sites for hydroxylation is 1. The normalized spacial score (nSPS) is 12.3. The van der Waals surface area contributed by atoms with Gasteiger partial charge in [0.15, 0.2) is 11.5 Å². The third-order valence-corrected chi connectivity index (χ3v) is 5.68. The predicted molar refractivity (Wildman–Crippen MR) is 129 cm³/mol. The maximum atomic E-state index is 13.1. The zero-order valence-corrected chi connectivity index (χ0v) is 19.1. The molecule has 0 spiro atoms. The molecule has 3 heterocycles. The number of anilines is 1. The van der Waals surface area contributed by atoms with Crippen LogP contribution in [-0.4, -0.2) is 28.7 Å². The SMILES string of the molecule is Cc1cc(C(=O)Nc2cccc(OCc3cccnc3)c2)c(C)n1-c1ccc2c(c1)OCCO2. The van der Waals surface area contributed by atoms with E-state index in [-0.39, 0.29) is 5.91 Å². The van der Waals surface area contributed by atoms with E-state index in [2.05, 4.69) is 10.3 Å². The van der Waals surface area contributed by atoms with Crippen molar-refractivity contribution in [3.63, 3.8) is 0 Å². The topological polar surface area (TPSA) is 74.6 Å². The second-order valence-electron chi connectivity index (χ2n) is 8.08. The molecule has 1 aliphatic rings. The molecule has 0 fully saturated rings. The smallest absolute Gasteiger partial charge is 0.257 e. The summed E-state index contributed by atoms with van der Waals surface area (Å²) in [5.74, 6) is 1.94. The molecule has 0 bridgehead atoms. The van der Waals surface area contributed by atoms with E-state index < -0.39 is 0 Å². The lowest BCUT2D eigenvalue weighted by molar-refractivity contribution is 0.102. The summed E-state index contributed by atoms with van der Waals surface area (Å²) in [7, 11) is 0. The molecule has 7 heteroatoms. The Bertz CT molecular complexity index is 1330. The largest absolute Gasteiger partial charge is 0.489 e. The first-order valence-electron chi connectivity index (χ1n) is 11.1. The van der Waals surface area contributed by atoms with E-state index in [4.69, 9.17) is 14.2 Å². The van der Waals surface area contributed by atoms with E-state index in [1.54, 1.807) is 12.4 Å². The predicted octanol–water partition coefficient (Wildman–Crippen LogP) is 5.09. The first kappa shape index (κ1) is 21.6. The Balaban J connectivity index is 1.33. The van der Waals surface area contributed by atoms with Crippen molar-refractivity contribution >= 4 is 11.6 Å². The number of amides is 1. The van der Waals surface area contributed by atoms with Crippen LogP contribution in [0.5, 0.6) is 17.2 Å². The van der Waals surface area contributed by atoms with Crippen LogP contribution in [0, 0.1) is 13.8 Å². The van der Waals surface area contributed by atoms with Gasteiger partial charge in [0.1, 0.15) is 25.6 Å². The van der Waals surface area contributed by atoms with E-state index in [0.717, 1.165) is 28.4 Å². The third kappa shape index (κ3) is 4.45. The van der Waals surface area contributed by atoms with Gasteiger partial charge < -0.3 is 24.1 Å². The van der Waals surface area contributed by atoms with Crippen molar-refractivity contribution in [3.05, 3.63) is 95.6 Å². The molecule has 4 aromatic rings. The van der Waals surface area contributed by atoms with Gasteiger partial charge in [0.05, 0.1) is 5.56 Å². The number of ether oxygens (including phenoxy) is 3. The summed E-state index contributed by atoms with van der Waals surface area (Å²) >= 11 is 0. The summed E-state index contributed by atoms with van der Waals surface area (Å²) in [6.07, 6.45) is 3.49. The van der Waals surface area contributed by atoms with Crippen LogP contribution in [0.1, 0.15) is 27.3 Å². The summed E-state index contributed by atoms with van der Waals surface area (Å²) < 4.78 is 19.2. The van der Waals surface area contributed by atoms with E-state index in [1.807, 2.05) is 79.1 Å². The number of carbonyl (C=O) groups excluding carboxylic acids is 1. The van der Waals surface area contributed by atoms with Gasteiger partial charge >= 0.3 is 0 Å². The first-order valence-corrected chi connectivity index (χ1v) is 11.1. The number of hydrogen-bond donors (Lipinski definition) is 1. The van der Waals surface area contributed by atoms with Crippen LogP contribution in [0.2, 0.25) is 0 Å². The standard InChI is InChI=1S/C27H25N3O4/c1-18-13-24(19(2)30(18)22-8-9-25-26(15-22)33-12-11-32-25)27(31)29-21-6-3-7-23(14-21)34-17-20-5-4-10-28-16-20/h3-10,13-16H,11-12,17H2,1-2H3,(H,29,31). The Hall–Kier alpha value is -4.26. The summed E-state index contributed by atoms with van der Waals surface area (Å²) in [4.78, 5) is 17.2. The number of aromatic nitrogens is 2. The molecule has 0 aliphatic carbocycles. The number of nitrogens with one attached hydrogen (secondary N) is 1. The molecule has 5 rings (SSSR count). The van der Waals surface area contributed by atoms with Gasteiger partial charge in [-0.2, -0.15) is 0 Å². The molecule has 2 aromatic heterocycles. The highest BCUT2D eigenvalue weighted by Crippen LogP contribution is 2.33. The second kappa shape index (κ2) is 9.31. The highest BCUT2D eigenvalue weighted by molar-refractivity contribution is 6.05. The number of benzene rings is 2. The molecule has 0 unspecified atom stereocenters. The molecule has 7 nitrogen and oxygen atoms in total. The summed E-state index contributed by atoms with van der Waals surface area (Å²) in [5.41, 5.74) is 4.96. The van der Waals surface area contributed by atoms with E-state index in [0.29, 0.717) is 42.6 Å². The van der Waals surface area contributed by atoms with Gasteiger partial charge in [0, 0.05) is 52.9 Å².